The van der Waals surface area contributed by atoms with Gasteiger partial charge in [-0.2, -0.15) is 0 Å². The van der Waals surface area contributed by atoms with Gasteiger partial charge >= 0.3 is 0 Å². The van der Waals surface area contributed by atoms with Crippen LogP contribution in [0.2, 0.25) is 0 Å². The van der Waals surface area contributed by atoms with Crippen molar-refractivity contribution in [3.05, 3.63) is 0 Å². The Balaban J connectivity index is 2.67. The van der Waals surface area contributed by atoms with E-state index in [1.807, 2.05) is 0 Å². The predicted octanol–water partition coefficient (Wildman–Crippen LogP) is -2.36. The molecule has 1 N–H and O–H groups in total. The van der Waals surface area contributed by atoms with Gasteiger partial charge in [-0.3, -0.25) is 13.4 Å². The number of ether oxygens (including phenoxy) is 1. The van der Waals surface area contributed by atoms with Crippen molar-refractivity contribution < 1.29 is 60.6 Å². The fraction of sp³-hybridized carbons (Fsp3) is 1.00. The van der Waals surface area contributed by atoms with Gasteiger partial charge < -0.3 is 38.5 Å². The van der Waals surface area contributed by atoms with Crippen LogP contribution >= 0.6 is 23.5 Å². The lowest BCUT2D eigenvalue weighted by atomic mass is 10.1. The molecule has 0 aromatic carbocycles. The lowest BCUT2D eigenvalue weighted by molar-refractivity contribution is -0.339. The van der Waals surface area contributed by atoms with E-state index in [0.717, 1.165) is 0 Å². The number of hydrogen-bond acceptors (Lipinski definition) is 12. The summed E-state index contributed by atoms with van der Waals surface area (Å²) in [5, 5.41) is 9.33. The molecule has 1 heterocycles. The highest BCUT2D eigenvalue weighted by Gasteiger charge is 2.48. The van der Waals surface area contributed by atoms with Gasteiger partial charge in [0.05, 0.1) is 13.9 Å². The van der Waals surface area contributed by atoms with Crippen molar-refractivity contribution in [2.45, 2.75) is 31.4 Å². The standard InChI is InChI=1S/C6H14FO12P3/c1-4-2-5(8)6(7,17-4)3-16-21(12,13)19-22(14,15)18-20(9,10)11/h4-5,8H,2-3H2,1H3,(H,12,13)(H,14,15)(H2,9,10,11)/p-4/t4-,5+,6+/m0/s1. The van der Waals surface area contributed by atoms with Crippen LogP contribution in [0.25, 0.3) is 0 Å². The smallest absolute Gasteiger partial charge is 0.278 e. The summed E-state index contributed by atoms with van der Waals surface area (Å²) in [4.78, 5) is 42.2. The maximum Gasteiger partial charge on any atom is 0.278 e. The van der Waals surface area contributed by atoms with Crippen LogP contribution in [0, 0.1) is 0 Å². The molecule has 0 amide bonds. The minimum Gasteiger partial charge on any atom is -0.790 e. The highest BCUT2D eigenvalue weighted by molar-refractivity contribution is 7.64. The molecule has 16 heteroatoms. The van der Waals surface area contributed by atoms with E-state index in [1.165, 1.54) is 6.92 Å². The molecule has 2 unspecified atom stereocenters. The summed E-state index contributed by atoms with van der Waals surface area (Å²) in [6.07, 6.45) is -2.69. The third kappa shape index (κ3) is 6.40. The second kappa shape index (κ2) is 6.64. The van der Waals surface area contributed by atoms with E-state index in [2.05, 4.69) is 17.9 Å². The maximum atomic E-state index is 14.0. The Morgan fingerprint density at radius 3 is 2.18 bits per heavy atom. The molecule has 22 heavy (non-hydrogen) atoms. The fourth-order valence-electron chi connectivity index (χ4n) is 1.53. The Kier molecular flexibility index (Phi) is 6.13. The molecule has 132 valence electrons. The molecule has 1 saturated heterocycles. The molecule has 12 nitrogen and oxygen atoms in total. The zero-order chi connectivity index (χ0) is 17.4. The first-order chi connectivity index (χ1) is 9.64. The SMILES string of the molecule is C[C@H]1C[C@@H](O)[C@@](F)(COP(=O)([O-])OP(=O)([O-])OP(=O)([O-])[O-])O1. The van der Waals surface area contributed by atoms with E-state index in [9.17, 15) is 42.8 Å². The molecule has 0 saturated carbocycles. The van der Waals surface area contributed by atoms with Crippen molar-refractivity contribution in [1.29, 1.82) is 0 Å². The van der Waals surface area contributed by atoms with Gasteiger partial charge in [0.2, 0.25) is 0 Å². The fourth-order valence-corrected chi connectivity index (χ4v) is 4.40. The average Bonchev–Trinajstić information content (AvgIpc) is 2.45. The van der Waals surface area contributed by atoms with Gasteiger partial charge in [0, 0.05) is 6.42 Å². The molecule has 5 atom stereocenters. The minimum absolute atomic E-state index is 0.178. The summed E-state index contributed by atoms with van der Waals surface area (Å²) in [6, 6.07) is 0. The molecule has 0 aromatic rings. The zero-order valence-electron chi connectivity index (χ0n) is 10.7. The van der Waals surface area contributed by atoms with E-state index >= 15 is 0 Å². The molecule has 0 bridgehead atoms. The summed E-state index contributed by atoms with van der Waals surface area (Å²) in [6.45, 7) is -0.0940. The first-order valence-corrected chi connectivity index (χ1v) is 9.78. The van der Waals surface area contributed by atoms with E-state index < -0.39 is 48.1 Å². The number of rotatable bonds is 7. The Morgan fingerprint density at radius 2 is 1.77 bits per heavy atom. The second-order valence-corrected chi connectivity index (χ2v) is 8.49. The van der Waals surface area contributed by atoms with Gasteiger partial charge in [-0.25, -0.2) is 8.70 Å². The number of aliphatic hydroxyl groups is 1. The van der Waals surface area contributed by atoms with Crippen LogP contribution in [0.1, 0.15) is 13.3 Å². The van der Waals surface area contributed by atoms with Crippen LogP contribution in [0.3, 0.4) is 0 Å². The van der Waals surface area contributed by atoms with Gasteiger partial charge in [-0.15, -0.1) is 0 Å². The number of phosphoric ester groups is 1. The molecule has 0 aliphatic carbocycles. The molecule has 0 radical (unpaired) electrons. The Hall–Kier alpha value is 0.260. The van der Waals surface area contributed by atoms with Gasteiger partial charge in [0.15, 0.2) is 0 Å². The summed E-state index contributed by atoms with van der Waals surface area (Å²) >= 11 is 0. The number of hydrogen-bond donors (Lipinski definition) is 1. The number of alkyl halides is 1. The Morgan fingerprint density at radius 1 is 1.23 bits per heavy atom. The molecular formula is C6H10FO12P3-4. The van der Waals surface area contributed by atoms with E-state index in [1.54, 1.807) is 0 Å². The van der Waals surface area contributed by atoms with Crippen molar-refractivity contribution in [2.24, 2.45) is 0 Å². The monoisotopic (exact) mass is 386 g/mol. The van der Waals surface area contributed by atoms with E-state index in [0.29, 0.717) is 0 Å². The van der Waals surface area contributed by atoms with Crippen LogP contribution in [-0.2, 0) is 31.6 Å². The summed E-state index contributed by atoms with van der Waals surface area (Å²) < 4.78 is 60.6. The third-order valence-corrected chi connectivity index (χ3v) is 5.91. The van der Waals surface area contributed by atoms with Gasteiger partial charge in [-0.05, 0) is 6.92 Å². The molecule has 1 rings (SSSR count). The van der Waals surface area contributed by atoms with Crippen LogP contribution < -0.4 is 19.6 Å². The minimum atomic E-state index is -6.11. The number of halogens is 1. The lowest BCUT2D eigenvalue weighted by Crippen LogP contribution is -2.39. The summed E-state index contributed by atoms with van der Waals surface area (Å²) in [5.41, 5.74) is 0. The molecule has 0 spiro atoms. The van der Waals surface area contributed by atoms with Crippen molar-refractivity contribution in [1.82, 2.24) is 0 Å². The quantitative estimate of drug-likeness (QED) is 0.457. The molecule has 0 aromatic heterocycles. The van der Waals surface area contributed by atoms with Gasteiger partial charge in [0.1, 0.15) is 12.7 Å². The van der Waals surface area contributed by atoms with Crippen LogP contribution in [-0.4, -0.2) is 29.8 Å². The Bertz CT molecular complexity index is 547. The highest BCUT2D eigenvalue weighted by Crippen LogP contribution is 2.60. The largest absolute Gasteiger partial charge is 0.790 e. The van der Waals surface area contributed by atoms with Crippen molar-refractivity contribution in [3.63, 3.8) is 0 Å². The number of phosphoric acid groups is 3. The molecule has 1 aliphatic heterocycles. The van der Waals surface area contributed by atoms with Gasteiger partial charge in [-0.1, -0.05) is 0 Å². The van der Waals surface area contributed by atoms with Crippen molar-refractivity contribution >= 4 is 23.5 Å². The van der Waals surface area contributed by atoms with E-state index in [4.69, 9.17) is 0 Å². The summed E-state index contributed by atoms with van der Waals surface area (Å²) in [5.74, 6) is -2.94. The molecule has 1 fully saturated rings. The van der Waals surface area contributed by atoms with Crippen LogP contribution in [0.4, 0.5) is 4.39 Å². The first-order valence-electron chi connectivity index (χ1n) is 5.40. The van der Waals surface area contributed by atoms with Crippen LogP contribution in [0.15, 0.2) is 0 Å². The Labute approximate surface area is 123 Å². The second-order valence-electron chi connectivity index (χ2n) is 4.24. The molecule has 1 aliphatic rings. The van der Waals surface area contributed by atoms with E-state index in [-0.39, 0.29) is 6.42 Å². The zero-order valence-corrected chi connectivity index (χ0v) is 13.4. The lowest BCUT2D eigenvalue weighted by Gasteiger charge is -2.38. The normalized spacial score (nSPS) is 35.0. The van der Waals surface area contributed by atoms with Crippen molar-refractivity contribution in [3.8, 4) is 0 Å². The van der Waals surface area contributed by atoms with Gasteiger partial charge in [0.25, 0.3) is 21.5 Å². The highest BCUT2D eigenvalue weighted by atomic mass is 31.3. The number of aliphatic hydroxyl groups excluding tert-OH is 1. The van der Waals surface area contributed by atoms with Crippen molar-refractivity contribution in [2.75, 3.05) is 6.61 Å². The first kappa shape index (κ1) is 20.3. The third-order valence-electron chi connectivity index (χ3n) is 2.27. The molecular weight excluding hydrogens is 376 g/mol. The summed E-state index contributed by atoms with van der Waals surface area (Å²) in [7, 11) is -18.0. The topological polar surface area (TPSA) is 201 Å². The predicted molar refractivity (Wildman–Crippen MR) is 56.0 cm³/mol. The average molecular weight is 386 g/mol. The maximum absolute atomic E-state index is 14.0. The van der Waals surface area contributed by atoms with Crippen LogP contribution in [0.5, 0.6) is 0 Å².